The number of aromatic amines is 1. The first-order chi connectivity index (χ1) is 15.5. The lowest BCUT2D eigenvalue weighted by molar-refractivity contribution is -0.148. The summed E-state index contributed by atoms with van der Waals surface area (Å²) in [6.45, 7) is 0. The van der Waals surface area contributed by atoms with Crippen LogP contribution in [0.25, 0.3) is 5.69 Å². The lowest BCUT2D eigenvalue weighted by Gasteiger charge is -2.22. The molecule has 0 radical (unpaired) electrons. The number of nitrogens with one attached hydrogen (secondary N) is 2. The number of carboxylic acid groups (broad SMARTS) is 1. The number of carbonyl (C=O) groups is 2. The number of aliphatic hydroxyl groups is 1. The molecular formula is C21H17ClF3N3O5. The number of hydrogen-bond acceptors (Lipinski definition) is 4. The molecule has 0 bridgehead atoms. The standard InChI is InChI=1S/C21H17ClF3N3O5/c22-14-4-2-1-3-12(14)9-15(18(30)20(32)33)26-19(31)11-5-7-13(8-6-11)28-17(29)10-16(27-28)21(23,24)25/h1-8,10,15,18,27,30H,9H2,(H,26,31)(H,32,33). The van der Waals surface area contributed by atoms with Crippen molar-refractivity contribution in [2.75, 3.05) is 0 Å². The van der Waals surface area contributed by atoms with Crippen LogP contribution in [0.5, 0.6) is 0 Å². The number of H-pyrrole nitrogens is 1. The minimum atomic E-state index is -4.73. The number of carbonyl (C=O) groups excluding carboxylic acids is 1. The monoisotopic (exact) mass is 483 g/mol. The van der Waals surface area contributed by atoms with Crippen molar-refractivity contribution in [1.29, 1.82) is 0 Å². The number of amides is 1. The molecule has 0 aliphatic rings. The van der Waals surface area contributed by atoms with Crippen LogP contribution in [0.4, 0.5) is 13.2 Å². The molecule has 1 aromatic heterocycles. The van der Waals surface area contributed by atoms with Gasteiger partial charge in [-0.1, -0.05) is 29.8 Å². The molecule has 1 heterocycles. The highest BCUT2D eigenvalue weighted by molar-refractivity contribution is 6.31. The Morgan fingerprint density at radius 1 is 1.12 bits per heavy atom. The number of carboxylic acids is 1. The van der Waals surface area contributed by atoms with Crippen molar-refractivity contribution in [2.45, 2.75) is 24.7 Å². The summed E-state index contributed by atoms with van der Waals surface area (Å²) in [6.07, 6.45) is -6.73. The van der Waals surface area contributed by atoms with E-state index in [-0.39, 0.29) is 17.7 Å². The number of halogens is 4. The van der Waals surface area contributed by atoms with Crippen LogP contribution in [0, 0.1) is 0 Å². The van der Waals surface area contributed by atoms with Gasteiger partial charge in [0.05, 0.1) is 11.7 Å². The van der Waals surface area contributed by atoms with Gasteiger partial charge in [-0.25, -0.2) is 9.48 Å². The number of aromatic nitrogens is 2. The SMILES string of the molecule is O=C(NC(Cc1ccccc1Cl)C(O)C(=O)O)c1ccc(-n2[nH]c(C(F)(F)F)cc2=O)cc1. The predicted molar refractivity (Wildman–Crippen MR) is 111 cm³/mol. The van der Waals surface area contributed by atoms with Crippen molar-refractivity contribution in [3.05, 3.63) is 86.8 Å². The van der Waals surface area contributed by atoms with Crippen LogP contribution in [0.2, 0.25) is 5.02 Å². The van der Waals surface area contributed by atoms with Gasteiger partial charge in [0.1, 0.15) is 5.69 Å². The quantitative estimate of drug-likeness (QED) is 0.411. The molecule has 8 nitrogen and oxygen atoms in total. The Bertz CT molecular complexity index is 1220. The molecule has 0 aliphatic carbocycles. The number of nitrogens with zero attached hydrogens (tertiary/aromatic N) is 1. The number of aliphatic carboxylic acids is 1. The Balaban J connectivity index is 1.80. The lowest BCUT2D eigenvalue weighted by Crippen LogP contribution is -2.48. The molecule has 0 fully saturated rings. The Morgan fingerprint density at radius 2 is 1.76 bits per heavy atom. The summed E-state index contributed by atoms with van der Waals surface area (Å²) in [5.74, 6) is -2.29. The van der Waals surface area contributed by atoms with E-state index < -0.39 is 41.5 Å². The van der Waals surface area contributed by atoms with E-state index in [2.05, 4.69) is 5.32 Å². The van der Waals surface area contributed by atoms with Crippen molar-refractivity contribution in [3.8, 4) is 5.69 Å². The third-order valence-corrected chi connectivity index (χ3v) is 5.13. The van der Waals surface area contributed by atoms with Gasteiger partial charge in [0.25, 0.3) is 11.5 Å². The largest absolute Gasteiger partial charge is 0.479 e. The predicted octanol–water partition coefficient (Wildman–Crippen LogP) is 2.62. The van der Waals surface area contributed by atoms with Crippen molar-refractivity contribution in [1.82, 2.24) is 15.1 Å². The molecular weight excluding hydrogens is 467 g/mol. The molecule has 0 spiro atoms. The summed E-state index contributed by atoms with van der Waals surface area (Å²) in [4.78, 5) is 35.8. The molecule has 3 aromatic rings. The zero-order valence-corrected chi connectivity index (χ0v) is 17.4. The van der Waals surface area contributed by atoms with E-state index in [0.29, 0.717) is 21.3 Å². The molecule has 174 valence electrons. The first-order valence-electron chi connectivity index (χ1n) is 9.42. The summed E-state index contributed by atoms with van der Waals surface area (Å²) < 4.78 is 39.0. The zero-order chi connectivity index (χ0) is 24.3. The maximum Gasteiger partial charge on any atom is 0.432 e. The molecule has 33 heavy (non-hydrogen) atoms. The molecule has 1 amide bonds. The highest BCUT2D eigenvalue weighted by Gasteiger charge is 2.34. The van der Waals surface area contributed by atoms with Crippen LogP contribution in [-0.2, 0) is 17.4 Å². The molecule has 4 N–H and O–H groups in total. The minimum absolute atomic E-state index is 0.0242. The van der Waals surface area contributed by atoms with Gasteiger partial charge in [0.2, 0.25) is 0 Å². The van der Waals surface area contributed by atoms with Gasteiger partial charge >= 0.3 is 12.1 Å². The molecule has 2 unspecified atom stereocenters. The van der Waals surface area contributed by atoms with Gasteiger partial charge in [-0.05, 0) is 42.3 Å². The topological polar surface area (TPSA) is 124 Å². The molecule has 0 saturated carbocycles. The Kier molecular flexibility index (Phi) is 6.94. The van der Waals surface area contributed by atoms with E-state index in [1.807, 2.05) is 5.10 Å². The molecule has 2 aromatic carbocycles. The van der Waals surface area contributed by atoms with E-state index in [1.54, 1.807) is 24.3 Å². The zero-order valence-electron chi connectivity index (χ0n) is 16.6. The average molecular weight is 484 g/mol. The molecule has 2 atom stereocenters. The number of hydrogen-bond donors (Lipinski definition) is 4. The van der Waals surface area contributed by atoms with Crippen LogP contribution in [0.15, 0.2) is 59.4 Å². The fourth-order valence-electron chi connectivity index (χ4n) is 3.06. The van der Waals surface area contributed by atoms with Crippen LogP contribution >= 0.6 is 11.6 Å². The van der Waals surface area contributed by atoms with Crippen LogP contribution < -0.4 is 10.9 Å². The van der Waals surface area contributed by atoms with Gasteiger partial charge < -0.3 is 15.5 Å². The first kappa shape index (κ1) is 24.1. The first-order valence-corrected chi connectivity index (χ1v) is 9.80. The molecule has 12 heteroatoms. The highest BCUT2D eigenvalue weighted by Crippen LogP contribution is 2.26. The van der Waals surface area contributed by atoms with Gasteiger partial charge in [-0.2, -0.15) is 13.2 Å². The summed E-state index contributed by atoms with van der Waals surface area (Å²) in [5.41, 5.74) is -1.59. The summed E-state index contributed by atoms with van der Waals surface area (Å²) >= 11 is 6.08. The number of rotatable bonds is 7. The highest BCUT2D eigenvalue weighted by atomic mass is 35.5. The second-order valence-corrected chi connectivity index (χ2v) is 7.45. The summed E-state index contributed by atoms with van der Waals surface area (Å²) in [5, 5.41) is 23.9. The van der Waals surface area contributed by atoms with Crippen LogP contribution in [-0.4, -0.2) is 44.0 Å². The summed E-state index contributed by atoms with van der Waals surface area (Å²) in [6, 6.07) is 10.7. The molecule has 0 aliphatic heterocycles. The fourth-order valence-corrected chi connectivity index (χ4v) is 3.27. The van der Waals surface area contributed by atoms with Gasteiger partial charge in [0.15, 0.2) is 6.10 Å². The van der Waals surface area contributed by atoms with Crippen molar-refractivity contribution < 1.29 is 33.0 Å². The number of alkyl halides is 3. The maximum absolute atomic E-state index is 12.8. The van der Waals surface area contributed by atoms with Crippen molar-refractivity contribution >= 4 is 23.5 Å². The summed E-state index contributed by atoms with van der Waals surface area (Å²) in [7, 11) is 0. The Morgan fingerprint density at radius 3 is 2.30 bits per heavy atom. The van der Waals surface area contributed by atoms with Gasteiger partial charge in [-0.3, -0.25) is 14.7 Å². The van der Waals surface area contributed by atoms with Crippen LogP contribution in [0.3, 0.4) is 0 Å². The average Bonchev–Trinajstić information content (AvgIpc) is 3.16. The smallest absolute Gasteiger partial charge is 0.432 e. The lowest BCUT2D eigenvalue weighted by atomic mass is 10.0. The second-order valence-electron chi connectivity index (χ2n) is 7.05. The van der Waals surface area contributed by atoms with E-state index in [0.717, 1.165) is 0 Å². The maximum atomic E-state index is 12.8. The third kappa shape index (κ3) is 5.62. The number of aliphatic hydroxyl groups excluding tert-OH is 1. The third-order valence-electron chi connectivity index (χ3n) is 4.76. The van der Waals surface area contributed by atoms with Crippen LogP contribution in [0.1, 0.15) is 21.6 Å². The van der Waals surface area contributed by atoms with E-state index in [1.165, 1.54) is 24.3 Å². The fraction of sp³-hybridized carbons (Fsp3) is 0.190. The van der Waals surface area contributed by atoms with Crippen molar-refractivity contribution in [3.63, 3.8) is 0 Å². The normalized spacial score (nSPS) is 13.4. The number of benzene rings is 2. The molecule has 0 saturated heterocycles. The molecule has 3 rings (SSSR count). The Labute approximate surface area is 189 Å². The van der Waals surface area contributed by atoms with E-state index >= 15 is 0 Å². The minimum Gasteiger partial charge on any atom is -0.479 e. The van der Waals surface area contributed by atoms with Crippen molar-refractivity contribution in [2.24, 2.45) is 0 Å². The van der Waals surface area contributed by atoms with Gasteiger partial charge in [0, 0.05) is 16.7 Å². The van der Waals surface area contributed by atoms with E-state index in [9.17, 15) is 37.8 Å². The van der Waals surface area contributed by atoms with Gasteiger partial charge in [-0.15, -0.1) is 0 Å². The van der Waals surface area contributed by atoms with E-state index in [4.69, 9.17) is 11.6 Å². The second kappa shape index (κ2) is 9.51. The Hall–Kier alpha value is -3.57.